The Hall–Kier alpha value is -3.42. The molecular formula is C23H26O8. The predicted molar refractivity (Wildman–Crippen MR) is 111 cm³/mol. The van der Waals surface area contributed by atoms with Gasteiger partial charge >= 0.3 is 11.9 Å². The van der Waals surface area contributed by atoms with Crippen LogP contribution in [-0.4, -0.2) is 39.8 Å². The van der Waals surface area contributed by atoms with Crippen molar-refractivity contribution in [3.05, 3.63) is 46.6 Å². The number of allylic oxidation sites excluding steroid dienone is 3. The quantitative estimate of drug-likeness (QED) is 0.382. The monoisotopic (exact) mass is 430 g/mol. The zero-order valence-corrected chi connectivity index (χ0v) is 18.1. The van der Waals surface area contributed by atoms with E-state index in [0.717, 1.165) is 23.8 Å². The molecule has 1 aromatic carbocycles. The zero-order chi connectivity index (χ0) is 23.5. The highest BCUT2D eigenvalue weighted by molar-refractivity contribution is 6.24. The minimum atomic E-state index is -1.06. The molecule has 1 aliphatic carbocycles. The third-order valence-corrected chi connectivity index (χ3v) is 4.96. The minimum Gasteiger partial charge on any atom is -0.507 e. The van der Waals surface area contributed by atoms with Crippen molar-refractivity contribution in [2.24, 2.45) is 5.92 Å². The third kappa shape index (κ3) is 5.39. The first-order valence-corrected chi connectivity index (χ1v) is 9.80. The van der Waals surface area contributed by atoms with Gasteiger partial charge in [0.05, 0.1) is 17.0 Å². The summed E-state index contributed by atoms with van der Waals surface area (Å²) in [6.45, 7) is 7.98. The molecule has 0 heterocycles. The Labute approximate surface area is 180 Å². The molecule has 0 fully saturated rings. The lowest BCUT2D eigenvalue weighted by Crippen LogP contribution is -2.30. The van der Waals surface area contributed by atoms with Crippen molar-refractivity contribution < 1.29 is 38.9 Å². The third-order valence-electron chi connectivity index (χ3n) is 4.96. The Balaban J connectivity index is 2.47. The largest absolute Gasteiger partial charge is 0.507 e. The maximum absolute atomic E-state index is 12.7. The highest BCUT2D eigenvalue weighted by Crippen LogP contribution is 2.41. The van der Waals surface area contributed by atoms with Crippen LogP contribution in [0.15, 0.2) is 29.9 Å². The minimum absolute atomic E-state index is 0.00844. The number of ketones is 2. The number of fused-ring (bicyclic) bond motifs is 1. The Bertz CT molecular complexity index is 982. The Morgan fingerprint density at radius 1 is 1.00 bits per heavy atom. The van der Waals surface area contributed by atoms with E-state index in [1.54, 1.807) is 13.0 Å². The predicted octanol–water partition coefficient (Wildman–Crippen LogP) is 3.56. The zero-order valence-electron chi connectivity index (χ0n) is 18.1. The standard InChI is InChI=1S/C23H26O8/c1-11(2)6-9-19(31-23(29)12(3)13(4)30-14(5)24)15-10-18(27)20-16(25)7-8-17(26)21(20)22(15)28/h6-8,10,12-13,19,27-28H,9H2,1-5H3/t12?,13?,19-/m1/s1. The van der Waals surface area contributed by atoms with Crippen LogP contribution in [0.2, 0.25) is 0 Å². The van der Waals surface area contributed by atoms with Gasteiger partial charge in [0.15, 0.2) is 11.6 Å². The molecule has 0 saturated heterocycles. The fourth-order valence-electron chi connectivity index (χ4n) is 3.12. The second-order valence-electron chi connectivity index (χ2n) is 7.69. The number of phenols is 2. The average Bonchev–Trinajstić information content (AvgIpc) is 2.68. The summed E-state index contributed by atoms with van der Waals surface area (Å²) in [5.41, 5.74) is 0.282. The summed E-state index contributed by atoms with van der Waals surface area (Å²) in [5.74, 6) is -4.33. The number of rotatable bonds is 7. The van der Waals surface area contributed by atoms with E-state index in [9.17, 15) is 29.4 Å². The molecule has 0 aliphatic heterocycles. The number of carbonyl (C=O) groups is 4. The van der Waals surface area contributed by atoms with Gasteiger partial charge in [0.1, 0.15) is 23.7 Å². The van der Waals surface area contributed by atoms with Crippen LogP contribution in [0, 0.1) is 5.92 Å². The summed E-state index contributed by atoms with van der Waals surface area (Å²) >= 11 is 0. The van der Waals surface area contributed by atoms with Crippen molar-refractivity contribution >= 4 is 23.5 Å². The van der Waals surface area contributed by atoms with E-state index >= 15 is 0 Å². The van der Waals surface area contributed by atoms with E-state index in [1.165, 1.54) is 13.8 Å². The molecule has 1 aromatic rings. The van der Waals surface area contributed by atoms with E-state index in [0.29, 0.717) is 0 Å². The van der Waals surface area contributed by atoms with Crippen LogP contribution in [0.5, 0.6) is 11.5 Å². The first-order chi connectivity index (χ1) is 14.4. The normalized spacial score (nSPS) is 15.5. The molecule has 8 heteroatoms. The van der Waals surface area contributed by atoms with E-state index in [-0.39, 0.29) is 23.1 Å². The van der Waals surface area contributed by atoms with E-state index in [1.807, 2.05) is 13.8 Å². The summed E-state index contributed by atoms with van der Waals surface area (Å²) in [4.78, 5) is 48.2. The van der Waals surface area contributed by atoms with Crippen molar-refractivity contribution in [2.45, 2.75) is 53.2 Å². The number of hydrogen-bond donors (Lipinski definition) is 2. The van der Waals surface area contributed by atoms with Crippen LogP contribution >= 0.6 is 0 Å². The summed E-state index contributed by atoms with van der Waals surface area (Å²) in [7, 11) is 0. The molecule has 3 atom stereocenters. The Morgan fingerprint density at radius 2 is 1.58 bits per heavy atom. The van der Waals surface area contributed by atoms with Crippen LogP contribution in [0.25, 0.3) is 0 Å². The van der Waals surface area contributed by atoms with Crippen LogP contribution in [-0.2, 0) is 19.1 Å². The van der Waals surface area contributed by atoms with E-state index < -0.39 is 53.1 Å². The second-order valence-corrected chi connectivity index (χ2v) is 7.69. The summed E-state index contributed by atoms with van der Waals surface area (Å²) in [6.07, 6.45) is 2.13. The molecule has 0 spiro atoms. The summed E-state index contributed by atoms with van der Waals surface area (Å²) in [5, 5.41) is 21.1. The van der Waals surface area contributed by atoms with Crippen molar-refractivity contribution in [3.63, 3.8) is 0 Å². The molecule has 0 radical (unpaired) electrons. The SMILES string of the molecule is CC(=O)OC(C)C(C)C(=O)O[C@H](CC=C(C)C)c1cc(O)c2c(c1O)C(=O)C=CC2=O. The van der Waals surface area contributed by atoms with Gasteiger partial charge in [-0.05, 0) is 45.9 Å². The fraction of sp³-hybridized carbons (Fsp3) is 0.391. The first kappa shape index (κ1) is 23.9. The van der Waals surface area contributed by atoms with Gasteiger partial charge in [-0.3, -0.25) is 19.2 Å². The maximum Gasteiger partial charge on any atom is 0.313 e. The molecule has 0 aromatic heterocycles. The van der Waals surface area contributed by atoms with E-state index in [4.69, 9.17) is 9.47 Å². The van der Waals surface area contributed by atoms with E-state index in [2.05, 4.69) is 0 Å². The van der Waals surface area contributed by atoms with Gasteiger partial charge in [0.25, 0.3) is 0 Å². The molecule has 166 valence electrons. The second kappa shape index (κ2) is 9.59. The lowest BCUT2D eigenvalue weighted by molar-refractivity contribution is -0.162. The van der Waals surface area contributed by atoms with Gasteiger partial charge in [0.2, 0.25) is 0 Å². The van der Waals surface area contributed by atoms with Crippen LogP contribution in [0.4, 0.5) is 0 Å². The number of ether oxygens (including phenoxy) is 2. The molecule has 2 unspecified atom stereocenters. The number of benzene rings is 1. The number of phenolic OH excluding ortho intramolecular Hbond substituents is 2. The molecule has 0 amide bonds. The lowest BCUT2D eigenvalue weighted by atomic mass is 9.89. The van der Waals surface area contributed by atoms with Crippen LogP contribution < -0.4 is 0 Å². The smallest absolute Gasteiger partial charge is 0.313 e. The van der Waals surface area contributed by atoms with Crippen LogP contribution in [0.1, 0.15) is 73.4 Å². The lowest BCUT2D eigenvalue weighted by Gasteiger charge is -2.25. The van der Waals surface area contributed by atoms with Crippen molar-refractivity contribution in [3.8, 4) is 11.5 Å². The van der Waals surface area contributed by atoms with Crippen molar-refractivity contribution in [1.82, 2.24) is 0 Å². The number of carbonyl (C=O) groups excluding carboxylic acids is 4. The maximum atomic E-state index is 12.7. The van der Waals surface area contributed by atoms with Crippen LogP contribution in [0.3, 0.4) is 0 Å². The molecule has 0 saturated carbocycles. The number of hydrogen-bond acceptors (Lipinski definition) is 8. The average molecular weight is 430 g/mol. The molecule has 2 N–H and O–H groups in total. The molecule has 0 bridgehead atoms. The Kier molecular flexibility index (Phi) is 7.38. The molecule has 8 nitrogen and oxygen atoms in total. The highest BCUT2D eigenvalue weighted by atomic mass is 16.6. The molecule has 2 rings (SSSR count). The van der Waals surface area contributed by atoms with Gasteiger partial charge in [-0.2, -0.15) is 0 Å². The number of aromatic hydroxyl groups is 2. The topological polar surface area (TPSA) is 127 Å². The molecule has 31 heavy (non-hydrogen) atoms. The first-order valence-electron chi connectivity index (χ1n) is 9.80. The van der Waals surface area contributed by atoms with Gasteiger partial charge < -0.3 is 19.7 Å². The van der Waals surface area contributed by atoms with Gasteiger partial charge in [-0.1, -0.05) is 11.6 Å². The van der Waals surface area contributed by atoms with Gasteiger partial charge in [-0.25, -0.2) is 0 Å². The molecular weight excluding hydrogens is 404 g/mol. The molecule has 1 aliphatic rings. The number of esters is 2. The highest BCUT2D eigenvalue weighted by Gasteiger charge is 2.33. The van der Waals surface area contributed by atoms with Gasteiger partial charge in [-0.15, -0.1) is 0 Å². The summed E-state index contributed by atoms with van der Waals surface area (Å²) < 4.78 is 10.6. The fourth-order valence-corrected chi connectivity index (χ4v) is 3.12. The Morgan fingerprint density at radius 3 is 2.13 bits per heavy atom. The van der Waals surface area contributed by atoms with Crippen molar-refractivity contribution in [2.75, 3.05) is 0 Å². The summed E-state index contributed by atoms with van der Waals surface area (Å²) in [6, 6.07) is 1.12. The van der Waals surface area contributed by atoms with Gasteiger partial charge in [0, 0.05) is 18.9 Å². The van der Waals surface area contributed by atoms with Crippen molar-refractivity contribution in [1.29, 1.82) is 0 Å².